The summed E-state index contributed by atoms with van der Waals surface area (Å²) < 4.78 is 9.99. The first-order valence-corrected chi connectivity index (χ1v) is 8.24. The van der Waals surface area contributed by atoms with E-state index in [1.165, 1.54) is 45.0 Å². The molecule has 0 bridgehead atoms. The van der Waals surface area contributed by atoms with Gasteiger partial charge in [0, 0.05) is 5.56 Å². The molecule has 2 unspecified atom stereocenters. The van der Waals surface area contributed by atoms with E-state index in [0.717, 1.165) is 0 Å². The molecule has 154 valence electrons. The summed E-state index contributed by atoms with van der Waals surface area (Å²) in [4.78, 5) is 47.9. The molecule has 0 aromatic heterocycles. The van der Waals surface area contributed by atoms with Crippen molar-refractivity contribution >= 4 is 23.8 Å². The Morgan fingerprint density at radius 3 is 2.00 bits per heavy atom. The number of esters is 2. The molecule has 0 aliphatic rings. The molecular formula is C18H24N2O8. The zero-order valence-corrected chi connectivity index (χ0v) is 15.8. The van der Waals surface area contributed by atoms with Crippen LogP contribution in [0.4, 0.5) is 0 Å². The molecule has 0 fully saturated rings. The topological polar surface area (TPSA) is 179 Å². The average molecular weight is 396 g/mol. The summed E-state index contributed by atoms with van der Waals surface area (Å²) in [5.41, 5.74) is 7.79. The van der Waals surface area contributed by atoms with Gasteiger partial charge in [0.15, 0.2) is 0 Å². The lowest BCUT2D eigenvalue weighted by Gasteiger charge is -2.29. The van der Waals surface area contributed by atoms with E-state index in [-0.39, 0.29) is 12.2 Å². The Morgan fingerprint density at radius 2 is 1.61 bits per heavy atom. The fourth-order valence-electron chi connectivity index (χ4n) is 2.14. The van der Waals surface area contributed by atoms with E-state index in [1.807, 2.05) is 0 Å². The lowest BCUT2D eigenvalue weighted by atomic mass is 9.95. The smallest absolute Gasteiger partial charge is 0.349 e. The lowest BCUT2D eigenvalue weighted by molar-refractivity contribution is -0.180. The number of hydrogen-bond acceptors (Lipinski definition) is 8. The summed E-state index contributed by atoms with van der Waals surface area (Å²) in [7, 11) is 0. The minimum atomic E-state index is -2.61. The van der Waals surface area contributed by atoms with Crippen LogP contribution >= 0.6 is 0 Å². The molecule has 0 aliphatic heterocycles. The highest BCUT2D eigenvalue weighted by molar-refractivity contribution is 6.08. The average Bonchev–Trinajstić information content (AvgIpc) is 2.57. The molecule has 2 atom stereocenters. The van der Waals surface area contributed by atoms with E-state index in [0.29, 0.717) is 5.56 Å². The standard InChI is InChI=1S/C18H24N2O8/c1-17(2,3)28-16(26)18(20,8-12(19)22)15(25)27-13(14(23)24)11-6-4-10(9-21)5-7-11/h4-7,13,21H,8-9,20H2,1-3H3,(H2,19,22)(H,23,24). The van der Waals surface area contributed by atoms with Crippen LogP contribution in [0.3, 0.4) is 0 Å². The minimum Gasteiger partial charge on any atom is -0.478 e. The number of amides is 1. The number of rotatable bonds is 8. The second kappa shape index (κ2) is 8.81. The van der Waals surface area contributed by atoms with Gasteiger partial charge in [0.1, 0.15) is 5.60 Å². The van der Waals surface area contributed by atoms with Crippen LogP contribution in [0.2, 0.25) is 0 Å². The fourth-order valence-corrected chi connectivity index (χ4v) is 2.14. The zero-order valence-electron chi connectivity index (χ0n) is 15.8. The second-order valence-corrected chi connectivity index (χ2v) is 7.14. The molecule has 10 heteroatoms. The summed E-state index contributed by atoms with van der Waals surface area (Å²) in [6.07, 6.45) is -2.74. The Kier molecular flexibility index (Phi) is 7.25. The molecule has 1 aromatic rings. The van der Waals surface area contributed by atoms with E-state index in [1.54, 1.807) is 0 Å². The highest BCUT2D eigenvalue weighted by Gasteiger charge is 2.49. The Hall–Kier alpha value is -2.98. The van der Waals surface area contributed by atoms with Crippen molar-refractivity contribution in [3.63, 3.8) is 0 Å². The summed E-state index contributed by atoms with van der Waals surface area (Å²) in [6, 6.07) is 5.53. The van der Waals surface area contributed by atoms with Gasteiger partial charge >= 0.3 is 17.9 Å². The Labute approximate surface area is 161 Å². The van der Waals surface area contributed by atoms with Crippen LogP contribution in [0.25, 0.3) is 0 Å². The largest absolute Gasteiger partial charge is 0.478 e. The van der Waals surface area contributed by atoms with Crippen LogP contribution < -0.4 is 11.5 Å². The van der Waals surface area contributed by atoms with E-state index in [2.05, 4.69) is 0 Å². The van der Waals surface area contributed by atoms with E-state index in [4.69, 9.17) is 26.0 Å². The Balaban J connectivity index is 3.19. The molecule has 0 aliphatic carbocycles. The van der Waals surface area contributed by atoms with Gasteiger partial charge in [-0.15, -0.1) is 0 Å². The number of ether oxygens (including phenoxy) is 2. The Bertz CT molecular complexity index is 754. The van der Waals surface area contributed by atoms with Gasteiger partial charge in [0.2, 0.25) is 17.6 Å². The molecular weight excluding hydrogens is 372 g/mol. The fraction of sp³-hybridized carbons (Fsp3) is 0.444. The highest BCUT2D eigenvalue weighted by Crippen LogP contribution is 2.24. The predicted molar refractivity (Wildman–Crippen MR) is 95.4 cm³/mol. The quantitative estimate of drug-likeness (QED) is 0.341. The third-order valence-corrected chi connectivity index (χ3v) is 3.49. The van der Waals surface area contributed by atoms with Gasteiger partial charge in [0.05, 0.1) is 13.0 Å². The van der Waals surface area contributed by atoms with Crippen molar-refractivity contribution in [2.24, 2.45) is 11.5 Å². The molecule has 0 saturated carbocycles. The summed E-state index contributed by atoms with van der Waals surface area (Å²) in [5, 5.41) is 18.5. The highest BCUT2D eigenvalue weighted by atomic mass is 16.6. The van der Waals surface area contributed by atoms with E-state index < -0.39 is 47.5 Å². The molecule has 10 nitrogen and oxygen atoms in total. The summed E-state index contributed by atoms with van der Waals surface area (Å²) in [6.45, 7) is 4.29. The van der Waals surface area contributed by atoms with Gasteiger partial charge in [-0.3, -0.25) is 4.79 Å². The van der Waals surface area contributed by atoms with Crippen molar-refractivity contribution in [3.05, 3.63) is 35.4 Å². The van der Waals surface area contributed by atoms with Crippen LogP contribution in [0, 0.1) is 0 Å². The molecule has 0 radical (unpaired) electrons. The number of carbonyl (C=O) groups is 4. The lowest BCUT2D eigenvalue weighted by Crippen LogP contribution is -2.60. The monoisotopic (exact) mass is 396 g/mol. The van der Waals surface area contributed by atoms with Gasteiger partial charge in [-0.25, -0.2) is 14.4 Å². The molecule has 0 heterocycles. The van der Waals surface area contributed by atoms with Crippen LogP contribution in [-0.4, -0.2) is 45.2 Å². The minimum absolute atomic E-state index is 0.0589. The van der Waals surface area contributed by atoms with Crippen molar-refractivity contribution in [2.75, 3.05) is 0 Å². The first-order chi connectivity index (χ1) is 12.8. The van der Waals surface area contributed by atoms with Crippen molar-refractivity contribution in [3.8, 4) is 0 Å². The second-order valence-electron chi connectivity index (χ2n) is 7.14. The number of carboxylic acid groups (broad SMARTS) is 1. The molecule has 0 spiro atoms. The summed E-state index contributed by atoms with van der Waals surface area (Å²) in [5.74, 6) is -5.36. The maximum Gasteiger partial charge on any atom is 0.349 e. The maximum absolute atomic E-state index is 12.6. The number of aliphatic hydroxyl groups is 1. The third kappa shape index (κ3) is 6.03. The van der Waals surface area contributed by atoms with Gasteiger partial charge in [-0.2, -0.15) is 0 Å². The first-order valence-electron chi connectivity index (χ1n) is 8.24. The number of aliphatic carboxylic acids is 1. The number of benzene rings is 1. The van der Waals surface area contributed by atoms with Crippen LogP contribution in [-0.2, 0) is 35.3 Å². The van der Waals surface area contributed by atoms with Gasteiger partial charge in [0.25, 0.3) is 0 Å². The molecule has 6 N–H and O–H groups in total. The van der Waals surface area contributed by atoms with Gasteiger partial charge < -0.3 is 31.2 Å². The first kappa shape index (κ1) is 23.1. The van der Waals surface area contributed by atoms with Crippen molar-refractivity contribution in [1.29, 1.82) is 0 Å². The number of primary amides is 1. The number of hydrogen-bond donors (Lipinski definition) is 4. The molecule has 1 rings (SSSR count). The third-order valence-electron chi connectivity index (χ3n) is 3.49. The van der Waals surface area contributed by atoms with Crippen molar-refractivity contribution in [2.45, 2.75) is 51.0 Å². The van der Waals surface area contributed by atoms with E-state index >= 15 is 0 Å². The number of carboxylic acids is 1. The Morgan fingerprint density at radius 1 is 1.07 bits per heavy atom. The predicted octanol–water partition coefficient (Wildman–Crippen LogP) is -0.238. The SMILES string of the molecule is CC(C)(C)OC(=O)C(N)(CC(N)=O)C(=O)OC(C(=O)O)c1ccc(CO)cc1. The summed E-state index contributed by atoms with van der Waals surface area (Å²) >= 11 is 0. The van der Waals surface area contributed by atoms with Crippen molar-refractivity contribution in [1.82, 2.24) is 0 Å². The number of carbonyl (C=O) groups excluding carboxylic acids is 3. The van der Waals surface area contributed by atoms with Crippen LogP contribution in [0.15, 0.2) is 24.3 Å². The molecule has 28 heavy (non-hydrogen) atoms. The molecule has 1 aromatic carbocycles. The zero-order chi connectivity index (χ0) is 21.7. The van der Waals surface area contributed by atoms with Crippen molar-refractivity contribution < 1.29 is 38.9 Å². The molecule has 0 saturated heterocycles. The van der Waals surface area contributed by atoms with Gasteiger partial charge in [-0.1, -0.05) is 24.3 Å². The molecule has 1 amide bonds. The van der Waals surface area contributed by atoms with Crippen LogP contribution in [0.5, 0.6) is 0 Å². The van der Waals surface area contributed by atoms with Gasteiger partial charge in [-0.05, 0) is 26.3 Å². The van der Waals surface area contributed by atoms with Crippen LogP contribution in [0.1, 0.15) is 44.4 Å². The normalized spacial score (nSPS) is 14.5. The maximum atomic E-state index is 12.6. The van der Waals surface area contributed by atoms with E-state index in [9.17, 15) is 24.3 Å². The number of aliphatic hydroxyl groups excluding tert-OH is 1. The number of nitrogens with two attached hydrogens (primary N) is 2.